The molecule has 0 aromatic heterocycles. The highest BCUT2D eigenvalue weighted by atomic mass is 79.9. The average molecular weight is 287 g/mol. The smallest absolute Gasteiger partial charge is 0.210 e. The summed E-state index contributed by atoms with van der Waals surface area (Å²) >= 11 is 3.38. The lowest BCUT2D eigenvalue weighted by Crippen LogP contribution is -2.36. The molecule has 0 saturated heterocycles. The van der Waals surface area contributed by atoms with Crippen LogP contribution in [0.3, 0.4) is 0 Å². The van der Waals surface area contributed by atoms with Gasteiger partial charge in [-0.2, -0.15) is 0 Å². The molecule has 0 heterocycles. The summed E-state index contributed by atoms with van der Waals surface area (Å²) in [4.78, 5) is 4.13. The number of anilines is 1. The first-order chi connectivity index (χ1) is 7.71. The Morgan fingerprint density at radius 2 is 2.31 bits per heavy atom. The maximum atomic E-state index is 5.32. The fourth-order valence-corrected chi connectivity index (χ4v) is 1.56. The topological polar surface area (TPSA) is 71.7 Å². The number of halogens is 1. The molecule has 0 amide bonds. The van der Waals surface area contributed by atoms with Gasteiger partial charge in [0.05, 0.1) is 11.6 Å². The van der Waals surface area contributed by atoms with E-state index in [0.29, 0.717) is 12.5 Å². The van der Waals surface area contributed by atoms with E-state index in [9.17, 15) is 0 Å². The standard InChI is InChI=1S/C10H15BrN4O/c1-3-13-10(15-12)14-7-4-5-8(11)9(6-7)16-2/h4-6H,3,12H2,1-2H3,(H2,13,14,15). The molecule has 88 valence electrons. The summed E-state index contributed by atoms with van der Waals surface area (Å²) < 4.78 is 6.08. The third-order valence-electron chi connectivity index (χ3n) is 1.87. The summed E-state index contributed by atoms with van der Waals surface area (Å²) in [6.45, 7) is 2.58. The predicted octanol–water partition coefficient (Wildman–Crippen LogP) is 1.71. The summed E-state index contributed by atoms with van der Waals surface area (Å²) in [5, 5.41) is 3.04. The molecule has 0 unspecified atom stereocenters. The van der Waals surface area contributed by atoms with Crippen molar-refractivity contribution in [3.63, 3.8) is 0 Å². The second-order valence-electron chi connectivity index (χ2n) is 2.94. The van der Waals surface area contributed by atoms with Gasteiger partial charge in [-0.3, -0.25) is 10.4 Å². The number of rotatable bonds is 3. The van der Waals surface area contributed by atoms with Gasteiger partial charge < -0.3 is 10.1 Å². The Bertz CT molecular complexity index is 381. The van der Waals surface area contributed by atoms with Gasteiger partial charge in [-0.1, -0.05) is 0 Å². The van der Waals surface area contributed by atoms with Gasteiger partial charge in [0, 0.05) is 18.3 Å². The van der Waals surface area contributed by atoms with E-state index < -0.39 is 0 Å². The molecule has 0 spiro atoms. The van der Waals surface area contributed by atoms with Crippen LogP contribution in [0.4, 0.5) is 5.69 Å². The number of aliphatic imine (C=N–C) groups is 1. The summed E-state index contributed by atoms with van der Waals surface area (Å²) in [6.07, 6.45) is 0. The van der Waals surface area contributed by atoms with Crippen LogP contribution in [0.5, 0.6) is 5.75 Å². The highest BCUT2D eigenvalue weighted by Crippen LogP contribution is 2.27. The summed E-state index contributed by atoms with van der Waals surface area (Å²) in [6, 6.07) is 5.64. The van der Waals surface area contributed by atoms with Crippen LogP contribution in [-0.4, -0.2) is 19.6 Å². The van der Waals surface area contributed by atoms with E-state index in [1.54, 1.807) is 7.11 Å². The van der Waals surface area contributed by atoms with Gasteiger partial charge >= 0.3 is 0 Å². The normalized spacial score (nSPS) is 11.1. The number of hydrogen-bond acceptors (Lipinski definition) is 3. The van der Waals surface area contributed by atoms with E-state index in [2.05, 4.69) is 31.7 Å². The van der Waals surface area contributed by atoms with Gasteiger partial charge in [-0.15, -0.1) is 0 Å². The molecular weight excluding hydrogens is 272 g/mol. The molecule has 0 radical (unpaired) electrons. The van der Waals surface area contributed by atoms with Gasteiger partial charge in [0.15, 0.2) is 0 Å². The number of guanidine groups is 1. The monoisotopic (exact) mass is 286 g/mol. The van der Waals surface area contributed by atoms with Gasteiger partial charge in [0.25, 0.3) is 0 Å². The van der Waals surface area contributed by atoms with Crippen molar-refractivity contribution in [2.24, 2.45) is 10.8 Å². The fraction of sp³-hybridized carbons (Fsp3) is 0.300. The lowest BCUT2D eigenvalue weighted by atomic mass is 10.3. The lowest BCUT2D eigenvalue weighted by molar-refractivity contribution is 0.412. The van der Waals surface area contributed by atoms with Crippen LogP contribution in [0, 0.1) is 0 Å². The van der Waals surface area contributed by atoms with Gasteiger partial charge in [0.1, 0.15) is 5.75 Å². The second kappa shape index (κ2) is 6.34. The Morgan fingerprint density at radius 1 is 1.56 bits per heavy atom. The molecule has 0 aliphatic heterocycles. The van der Waals surface area contributed by atoms with Crippen molar-refractivity contribution in [2.45, 2.75) is 6.92 Å². The van der Waals surface area contributed by atoms with Crippen molar-refractivity contribution in [3.05, 3.63) is 22.7 Å². The Balaban J connectivity index is 2.85. The molecule has 5 nitrogen and oxygen atoms in total. The minimum Gasteiger partial charge on any atom is -0.495 e. The molecule has 6 heteroatoms. The summed E-state index contributed by atoms with van der Waals surface area (Å²) in [7, 11) is 1.62. The van der Waals surface area contributed by atoms with Crippen LogP contribution in [0.25, 0.3) is 0 Å². The van der Waals surface area contributed by atoms with Crippen LogP contribution < -0.4 is 21.3 Å². The molecule has 0 fully saturated rings. The third-order valence-corrected chi connectivity index (χ3v) is 2.52. The molecule has 0 aliphatic rings. The highest BCUT2D eigenvalue weighted by Gasteiger charge is 2.02. The van der Waals surface area contributed by atoms with Gasteiger partial charge in [-0.25, -0.2) is 5.84 Å². The first-order valence-corrected chi connectivity index (χ1v) is 5.62. The molecule has 16 heavy (non-hydrogen) atoms. The number of nitrogens with one attached hydrogen (secondary N) is 2. The van der Waals surface area contributed by atoms with E-state index in [4.69, 9.17) is 10.6 Å². The maximum absolute atomic E-state index is 5.32. The molecule has 1 aromatic carbocycles. The summed E-state index contributed by atoms with van der Waals surface area (Å²) in [5.74, 6) is 6.59. The number of hydrazine groups is 1. The SMILES string of the molecule is CCN=C(NN)Nc1ccc(Br)c(OC)c1. The van der Waals surface area contributed by atoms with E-state index in [0.717, 1.165) is 15.9 Å². The number of methoxy groups -OCH3 is 1. The molecular formula is C10H15BrN4O. The number of benzene rings is 1. The van der Waals surface area contributed by atoms with Crippen molar-refractivity contribution in [1.29, 1.82) is 0 Å². The van der Waals surface area contributed by atoms with Gasteiger partial charge in [0.2, 0.25) is 5.96 Å². The van der Waals surface area contributed by atoms with E-state index in [1.165, 1.54) is 0 Å². The Kier molecular flexibility index (Phi) is 5.07. The molecule has 1 rings (SSSR count). The zero-order valence-electron chi connectivity index (χ0n) is 9.25. The first kappa shape index (κ1) is 12.8. The zero-order chi connectivity index (χ0) is 12.0. The van der Waals surface area contributed by atoms with Crippen molar-refractivity contribution in [2.75, 3.05) is 19.0 Å². The summed E-state index contributed by atoms with van der Waals surface area (Å²) in [5.41, 5.74) is 3.34. The van der Waals surface area contributed by atoms with E-state index in [1.807, 2.05) is 25.1 Å². The number of nitrogens with two attached hydrogens (primary N) is 1. The first-order valence-electron chi connectivity index (χ1n) is 4.83. The Morgan fingerprint density at radius 3 is 2.88 bits per heavy atom. The van der Waals surface area contributed by atoms with E-state index in [-0.39, 0.29) is 0 Å². The fourth-order valence-electron chi connectivity index (χ4n) is 1.15. The van der Waals surface area contributed by atoms with Gasteiger partial charge in [-0.05, 0) is 35.0 Å². The quantitative estimate of drug-likeness (QED) is 0.342. The van der Waals surface area contributed by atoms with Crippen LogP contribution in [-0.2, 0) is 0 Å². The second-order valence-corrected chi connectivity index (χ2v) is 3.80. The van der Waals surface area contributed by atoms with Crippen LogP contribution in [0.1, 0.15) is 6.92 Å². The molecule has 0 aliphatic carbocycles. The molecule has 0 bridgehead atoms. The molecule has 4 N–H and O–H groups in total. The maximum Gasteiger partial charge on any atom is 0.210 e. The van der Waals surface area contributed by atoms with E-state index >= 15 is 0 Å². The van der Waals surface area contributed by atoms with Crippen LogP contribution in [0.2, 0.25) is 0 Å². The Labute approximate surface area is 103 Å². The largest absolute Gasteiger partial charge is 0.495 e. The highest BCUT2D eigenvalue weighted by molar-refractivity contribution is 9.10. The van der Waals surface area contributed by atoms with Crippen molar-refractivity contribution < 1.29 is 4.74 Å². The molecule has 0 saturated carbocycles. The molecule has 1 aromatic rings. The van der Waals surface area contributed by atoms with Crippen molar-refractivity contribution in [3.8, 4) is 5.75 Å². The lowest BCUT2D eigenvalue weighted by Gasteiger charge is -2.10. The molecule has 0 atom stereocenters. The third kappa shape index (κ3) is 3.39. The number of ether oxygens (including phenoxy) is 1. The minimum atomic E-state index is 0.520. The van der Waals surface area contributed by atoms with Crippen LogP contribution in [0.15, 0.2) is 27.7 Å². The number of nitrogens with zero attached hydrogens (tertiary/aromatic N) is 1. The zero-order valence-corrected chi connectivity index (χ0v) is 10.8. The van der Waals surface area contributed by atoms with Crippen LogP contribution >= 0.6 is 15.9 Å². The average Bonchev–Trinajstić information content (AvgIpc) is 2.30. The Hall–Kier alpha value is -1.27. The minimum absolute atomic E-state index is 0.520. The van der Waals surface area contributed by atoms with Crippen molar-refractivity contribution in [1.82, 2.24) is 5.43 Å². The number of hydrogen-bond donors (Lipinski definition) is 3. The predicted molar refractivity (Wildman–Crippen MR) is 69.6 cm³/mol. The van der Waals surface area contributed by atoms with Crippen molar-refractivity contribution >= 4 is 27.6 Å².